The SMILES string of the molecule is [N-]=[N+]=N[C@]1(CO)OC(n2cnc3c(=O)[nH]c(N)nc32)[C@H](O)[C@@H]1F. The van der Waals surface area contributed by atoms with Crippen molar-refractivity contribution in [2.45, 2.75) is 24.2 Å². The highest BCUT2D eigenvalue weighted by atomic mass is 19.1. The van der Waals surface area contributed by atoms with E-state index in [2.05, 4.69) is 25.0 Å². The van der Waals surface area contributed by atoms with Crippen molar-refractivity contribution >= 4 is 17.1 Å². The lowest BCUT2D eigenvalue weighted by atomic mass is 10.1. The van der Waals surface area contributed by atoms with Gasteiger partial charge in [-0.05, 0) is 5.53 Å². The van der Waals surface area contributed by atoms with Crippen LogP contribution in [0.3, 0.4) is 0 Å². The number of rotatable bonds is 3. The first-order valence-corrected chi connectivity index (χ1v) is 6.33. The van der Waals surface area contributed by atoms with Crippen LogP contribution in [0.15, 0.2) is 16.2 Å². The zero-order valence-corrected chi connectivity index (χ0v) is 11.4. The Hall–Kier alpha value is -2.73. The highest BCUT2D eigenvalue weighted by Crippen LogP contribution is 2.40. The van der Waals surface area contributed by atoms with Crippen LogP contribution in [0.1, 0.15) is 6.23 Å². The minimum absolute atomic E-state index is 0.0582. The number of azide groups is 1. The Labute approximate surface area is 126 Å². The van der Waals surface area contributed by atoms with Gasteiger partial charge in [0.05, 0.1) is 12.9 Å². The zero-order chi connectivity index (χ0) is 16.8. The van der Waals surface area contributed by atoms with Crippen molar-refractivity contribution in [3.05, 3.63) is 27.1 Å². The number of nitrogens with zero attached hydrogens (tertiary/aromatic N) is 6. The van der Waals surface area contributed by atoms with Crippen LogP contribution in [0.5, 0.6) is 0 Å². The lowest BCUT2D eigenvalue weighted by Crippen LogP contribution is -2.41. The maximum atomic E-state index is 14.3. The second-order valence-corrected chi connectivity index (χ2v) is 4.87. The Balaban J connectivity index is 2.13. The monoisotopic (exact) mass is 326 g/mol. The van der Waals surface area contributed by atoms with Crippen molar-refractivity contribution < 1.29 is 19.3 Å². The minimum Gasteiger partial charge on any atom is -0.393 e. The topological polar surface area (TPSA) is 188 Å². The Morgan fingerprint density at radius 2 is 2.43 bits per heavy atom. The lowest BCUT2D eigenvalue weighted by Gasteiger charge is -2.22. The largest absolute Gasteiger partial charge is 0.393 e. The fourth-order valence-corrected chi connectivity index (χ4v) is 2.42. The number of aromatic nitrogens is 4. The Bertz CT molecular complexity index is 860. The molecule has 23 heavy (non-hydrogen) atoms. The van der Waals surface area contributed by atoms with E-state index in [1.165, 1.54) is 0 Å². The summed E-state index contributed by atoms with van der Waals surface area (Å²) in [6, 6.07) is 0. The smallest absolute Gasteiger partial charge is 0.280 e. The van der Waals surface area contributed by atoms with Crippen LogP contribution in [0.4, 0.5) is 10.3 Å². The first kappa shape index (κ1) is 15.2. The third kappa shape index (κ3) is 2.10. The van der Waals surface area contributed by atoms with Gasteiger partial charge in [-0.2, -0.15) is 4.98 Å². The van der Waals surface area contributed by atoms with Gasteiger partial charge in [-0.25, -0.2) is 9.37 Å². The molecule has 1 fully saturated rings. The Kier molecular flexibility index (Phi) is 3.41. The van der Waals surface area contributed by atoms with Gasteiger partial charge < -0.3 is 20.7 Å². The first-order valence-electron chi connectivity index (χ1n) is 6.33. The number of nitrogens with one attached hydrogen (secondary N) is 1. The average molecular weight is 326 g/mol. The number of halogens is 1. The summed E-state index contributed by atoms with van der Waals surface area (Å²) in [4.78, 5) is 24.1. The highest BCUT2D eigenvalue weighted by molar-refractivity contribution is 5.70. The minimum atomic E-state index is -2.29. The van der Waals surface area contributed by atoms with Crippen molar-refractivity contribution in [1.82, 2.24) is 19.5 Å². The predicted molar refractivity (Wildman–Crippen MR) is 72.5 cm³/mol. The summed E-state index contributed by atoms with van der Waals surface area (Å²) in [6.07, 6.45) is -4.34. The maximum Gasteiger partial charge on any atom is 0.280 e. The number of aliphatic hydroxyl groups is 2. The first-order chi connectivity index (χ1) is 10.9. The molecule has 13 heteroatoms. The number of aliphatic hydroxyl groups excluding tert-OH is 2. The van der Waals surface area contributed by atoms with Gasteiger partial charge in [-0.1, -0.05) is 5.11 Å². The summed E-state index contributed by atoms with van der Waals surface area (Å²) in [5, 5.41) is 22.4. The van der Waals surface area contributed by atoms with Gasteiger partial charge in [-0.3, -0.25) is 14.3 Å². The van der Waals surface area contributed by atoms with Crippen molar-refractivity contribution in [1.29, 1.82) is 0 Å². The number of imidazole rings is 1. The summed E-state index contributed by atoms with van der Waals surface area (Å²) < 4.78 is 20.6. The number of H-pyrrole nitrogens is 1. The number of fused-ring (bicyclic) bond motifs is 1. The summed E-state index contributed by atoms with van der Waals surface area (Å²) >= 11 is 0. The molecule has 4 atom stereocenters. The molecule has 1 saturated heterocycles. The molecule has 0 bridgehead atoms. The van der Waals surface area contributed by atoms with Crippen molar-refractivity contribution in [2.24, 2.45) is 5.11 Å². The van der Waals surface area contributed by atoms with Crippen LogP contribution in [0.2, 0.25) is 0 Å². The molecule has 5 N–H and O–H groups in total. The van der Waals surface area contributed by atoms with E-state index in [9.17, 15) is 19.4 Å². The predicted octanol–water partition coefficient (Wildman–Crippen LogP) is -1.07. The van der Waals surface area contributed by atoms with Crippen LogP contribution >= 0.6 is 0 Å². The van der Waals surface area contributed by atoms with E-state index in [1.54, 1.807) is 0 Å². The van der Waals surface area contributed by atoms with Gasteiger partial charge in [0.15, 0.2) is 23.6 Å². The maximum absolute atomic E-state index is 14.3. The molecule has 0 radical (unpaired) electrons. The number of hydrogen-bond donors (Lipinski definition) is 4. The molecular weight excluding hydrogens is 315 g/mol. The summed E-state index contributed by atoms with van der Waals surface area (Å²) in [6.45, 7) is -0.992. The van der Waals surface area contributed by atoms with Gasteiger partial charge in [0, 0.05) is 4.91 Å². The molecule has 2 aromatic heterocycles. The van der Waals surface area contributed by atoms with Crippen LogP contribution in [0, 0.1) is 0 Å². The molecule has 1 aliphatic rings. The number of alkyl halides is 1. The van der Waals surface area contributed by atoms with Crippen LogP contribution in [0.25, 0.3) is 21.6 Å². The van der Waals surface area contributed by atoms with Gasteiger partial charge in [0.1, 0.15) is 6.10 Å². The lowest BCUT2D eigenvalue weighted by molar-refractivity contribution is -0.113. The Morgan fingerprint density at radius 1 is 1.70 bits per heavy atom. The quantitative estimate of drug-likeness (QED) is 0.313. The number of nitrogen functional groups attached to an aromatic ring is 1. The molecule has 1 unspecified atom stereocenters. The highest BCUT2D eigenvalue weighted by Gasteiger charge is 2.56. The van der Waals surface area contributed by atoms with Gasteiger partial charge in [0.25, 0.3) is 5.56 Å². The van der Waals surface area contributed by atoms with Crippen LogP contribution in [-0.2, 0) is 4.74 Å². The standard InChI is InChI=1S/C10H11FN8O4/c11-5-4(21)8(23-10(5,1-20)17-18-13)19-2-14-3-6(19)15-9(12)16-7(3)22/h2,4-5,8,20-21H,1H2,(H3,12,15,16,22)/t4-,5+,8?,10-/m1/s1. The third-order valence-electron chi connectivity index (χ3n) is 3.51. The molecule has 0 aromatic carbocycles. The van der Waals surface area contributed by atoms with E-state index < -0.39 is 36.4 Å². The number of hydrogen-bond acceptors (Lipinski definition) is 8. The van der Waals surface area contributed by atoms with Gasteiger partial charge in [-0.15, -0.1) is 0 Å². The molecule has 0 spiro atoms. The molecule has 122 valence electrons. The molecule has 3 heterocycles. The molecule has 2 aromatic rings. The van der Waals surface area contributed by atoms with E-state index >= 15 is 0 Å². The van der Waals surface area contributed by atoms with Gasteiger partial charge >= 0.3 is 0 Å². The molecule has 12 nitrogen and oxygen atoms in total. The molecule has 0 saturated carbocycles. The summed E-state index contributed by atoms with van der Waals surface area (Å²) in [7, 11) is 0. The summed E-state index contributed by atoms with van der Waals surface area (Å²) in [5.74, 6) is -0.211. The van der Waals surface area contributed by atoms with Crippen molar-refractivity contribution in [3.8, 4) is 0 Å². The van der Waals surface area contributed by atoms with E-state index in [0.29, 0.717) is 0 Å². The second kappa shape index (κ2) is 5.17. The fraction of sp³-hybridized carbons (Fsp3) is 0.500. The fourth-order valence-electron chi connectivity index (χ4n) is 2.42. The zero-order valence-electron chi connectivity index (χ0n) is 11.4. The van der Waals surface area contributed by atoms with Crippen LogP contribution in [-0.4, -0.2) is 54.3 Å². The number of aromatic amines is 1. The van der Waals surface area contributed by atoms with E-state index in [0.717, 1.165) is 10.9 Å². The molecule has 0 amide bonds. The van der Waals surface area contributed by atoms with Crippen molar-refractivity contribution in [3.63, 3.8) is 0 Å². The number of ether oxygens (including phenoxy) is 1. The van der Waals surface area contributed by atoms with Crippen LogP contribution < -0.4 is 11.3 Å². The van der Waals surface area contributed by atoms with Gasteiger partial charge in [0.2, 0.25) is 11.7 Å². The number of anilines is 1. The summed E-state index contributed by atoms with van der Waals surface area (Å²) in [5.41, 5.74) is 10.9. The second-order valence-electron chi connectivity index (χ2n) is 4.87. The van der Waals surface area contributed by atoms with Crippen molar-refractivity contribution in [2.75, 3.05) is 12.3 Å². The average Bonchev–Trinajstić information content (AvgIpc) is 3.03. The van der Waals surface area contributed by atoms with E-state index in [-0.39, 0.29) is 17.1 Å². The number of nitrogens with two attached hydrogens (primary N) is 1. The molecule has 3 rings (SSSR count). The third-order valence-corrected chi connectivity index (χ3v) is 3.51. The molecular formula is C10H11FN8O4. The molecule has 0 aliphatic carbocycles. The Morgan fingerprint density at radius 3 is 3.09 bits per heavy atom. The van der Waals surface area contributed by atoms with E-state index in [4.69, 9.17) is 16.0 Å². The molecule has 1 aliphatic heterocycles. The normalized spacial score (nSPS) is 30.5. The van der Waals surface area contributed by atoms with E-state index in [1.807, 2.05) is 0 Å².